The fourth-order valence-corrected chi connectivity index (χ4v) is 4.11. The lowest BCUT2D eigenvalue weighted by Gasteiger charge is -2.43. The minimum Gasteiger partial charge on any atom is -0.467 e. The maximum Gasteiger partial charge on any atom is 0.328 e. The lowest BCUT2D eigenvalue weighted by atomic mass is 9.95. The van der Waals surface area contributed by atoms with Gasteiger partial charge in [-0.15, -0.1) is 5.10 Å². The van der Waals surface area contributed by atoms with Crippen LogP contribution in [0.4, 0.5) is 0 Å². The van der Waals surface area contributed by atoms with Crippen molar-refractivity contribution < 1.29 is 52.8 Å². The first-order valence-electron chi connectivity index (χ1n) is 12.4. The number of nitrogens with zero attached hydrogens (tertiary/aromatic N) is 3. The maximum absolute atomic E-state index is 13.5. The van der Waals surface area contributed by atoms with Crippen LogP contribution in [0.3, 0.4) is 0 Å². The number of rotatable bonds is 12. The summed E-state index contributed by atoms with van der Waals surface area (Å²) in [6.07, 6.45) is -5.04. The lowest BCUT2D eigenvalue weighted by Crippen LogP contribution is -2.64. The summed E-state index contributed by atoms with van der Waals surface area (Å²) in [5.74, 6) is -4.01. The van der Waals surface area contributed by atoms with Gasteiger partial charge in [0.15, 0.2) is 30.6 Å². The number of aliphatic hydroxyl groups is 1. The van der Waals surface area contributed by atoms with Gasteiger partial charge in [0.25, 0.3) is 5.91 Å². The Labute approximate surface area is 225 Å². The van der Waals surface area contributed by atoms with Gasteiger partial charge in [-0.1, -0.05) is 19.1 Å². The minimum atomic E-state index is -1.64. The number of hydrogen-bond donors (Lipinski definition) is 2. The highest BCUT2D eigenvalue weighted by Crippen LogP contribution is 2.34. The maximum atomic E-state index is 13.5. The average molecular weight is 557 g/mol. The van der Waals surface area contributed by atoms with Gasteiger partial charge in [-0.05, 0) is 25.2 Å². The van der Waals surface area contributed by atoms with E-state index in [0.29, 0.717) is 18.5 Å². The zero-order valence-corrected chi connectivity index (χ0v) is 22.8. The molecule has 1 saturated heterocycles. The Balaban J connectivity index is 2.57. The molecule has 1 fully saturated rings. The number of aromatic nitrogens is 3. The van der Waals surface area contributed by atoms with E-state index in [1.807, 2.05) is 13.8 Å². The van der Waals surface area contributed by atoms with Crippen LogP contribution in [-0.4, -0.2) is 94.1 Å². The molecular weight excluding hydrogens is 520 g/mol. The molecule has 0 aliphatic carbocycles. The second-order valence-corrected chi connectivity index (χ2v) is 9.40. The number of amides is 1. The highest BCUT2D eigenvalue weighted by molar-refractivity contribution is 5.88. The molecule has 0 aromatic carbocycles. The largest absolute Gasteiger partial charge is 0.467 e. The van der Waals surface area contributed by atoms with Gasteiger partial charge in [-0.2, -0.15) is 0 Å². The zero-order valence-electron chi connectivity index (χ0n) is 22.8. The van der Waals surface area contributed by atoms with Gasteiger partial charge in [0, 0.05) is 27.4 Å². The monoisotopic (exact) mass is 556 g/mol. The van der Waals surface area contributed by atoms with Crippen LogP contribution in [0.1, 0.15) is 59.4 Å². The first kappa shape index (κ1) is 31.6. The molecule has 15 nitrogen and oxygen atoms in total. The molecule has 1 amide bonds. The van der Waals surface area contributed by atoms with E-state index in [2.05, 4.69) is 15.6 Å². The Morgan fingerprint density at radius 2 is 1.62 bits per heavy atom. The Kier molecular flexibility index (Phi) is 11.8. The molecule has 15 heteroatoms. The molecule has 2 N–H and O–H groups in total. The molecule has 0 bridgehead atoms. The van der Waals surface area contributed by atoms with Gasteiger partial charge < -0.3 is 34.1 Å². The Hall–Kier alpha value is -3.59. The molecular formula is C24H36N4O11. The van der Waals surface area contributed by atoms with Gasteiger partial charge in [0.05, 0.1) is 19.0 Å². The normalized spacial score (nSPS) is 23.4. The Morgan fingerprint density at radius 3 is 2.15 bits per heavy atom. The van der Waals surface area contributed by atoms with Crippen molar-refractivity contribution in [2.45, 2.75) is 90.6 Å². The van der Waals surface area contributed by atoms with Crippen molar-refractivity contribution in [2.24, 2.45) is 5.92 Å². The third-order valence-corrected chi connectivity index (χ3v) is 5.60. The predicted molar refractivity (Wildman–Crippen MR) is 129 cm³/mol. The van der Waals surface area contributed by atoms with Gasteiger partial charge in [0.1, 0.15) is 6.04 Å². The summed E-state index contributed by atoms with van der Waals surface area (Å²) in [6.45, 7) is 6.89. The fourth-order valence-electron chi connectivity index (χ4n) is 4.11. The molecule has 39 heavy (non-hydrogen) atoms. The van der Waals surface area contributed by atoms with Crippen LogP contribution < -0.4 is 5.32 Å². The number of hydrogen-bond acceptors (Lipinski definition) is 13. The van der Waals surface area contributed by atoms with E-state index in [0.717, 1.165) is 20.8 Å². The molecule has 0 radical (unpaired) electrons. The van der Waals surface area contributed by atoms with Crippen LogP contribution in [0.2, 0.25) is 0 Å². The van der Waals surface area contributed by atoms with E-state index >= 15 is 0 Å². The van der Waals surface area contributed by atoms with Crippen molar-refractivity contribution in [3.8, 4) is 0 Å². The van der Waals surface area contributed by atoms with E-state index in [1.54, 1.807) is 0 Å². The zero-order chi connectivity index (χ0) is 29.3. The molecule has 1 aliphatic rings. The summed E-state index contributed by atoms with van der Waals surface area (Å²) in [6, 6.07) is -1.06. The molecule has 1 aromatic rings. The summed E-state index contributed by atoms with van der Waals surface area (Å²) in [7, 11) is 1.18. The summed E-state index contributed by atoms with van der Waals surface area (Å²) in [5, 5.41) is 19.7. The SMILES string of the molecule is COC(=O)[C@H](CC(C)C)NC(=O)[C@H]1O[C@@H](n2cc(CCCO)nn2)[C@H](OC(C)=O)[C@@H](OC(C)=O)[C@@H]1OC(C)=O. The van der Waals surface area contributed by atoms with Crippen molar-refractivity contribution in [1.29, 1.82) is 0 Å². The molecule has 6 atom stereocenters. The Bertz CT molecular complexity index is 1030. The fraction of sp³-hybridized carbons (Fsp3) is 0.708. The Morgan fingerprint density at radius 1 is 1.03 bits per heavy atom. The van der Waals surface area contributed by atoms with Crippen molar-refractivity contribution in [2.75, 3.05) is 13.7 Å². The quantitative estimate of drug-likeness (QED) is 0.250. The van der Waals surface area contributed by atoms with Crippen LogP contribution in [-0.2, 0) is 54.1 Å². The second kappa shape index (κ2) is 14.5. The number of nitrogens with one attached hydrogen (secondary N) is 1. The smallest absolute Gasteiger partial charge is 0.328 e. The van der Waals surface area contributed by atoms with Crippen LogP contribution in [0, 0.1) is 5.92 Å². The number of ether oxygens (including phenoxy) is 5. The minimum absolute atomic E-state index is 0.00618. The van der Waals surface area contributed by atoms with E-state index in [-0.39, 0.29) is 18.9 Å². The molecule has 1 aliphatic heterocycles. The van der Waals surface area contributed by atoms with Crippen molar-refractivity contribution >= 4 is 29.8 Å². The number of carbonyl (C=O) groups is 5. The first-order chi connectivity index (χ1) is 18.4. The van der Waals surface area contributed by atoms with Gasteiger partial charge >= 0.3 is 23.9 Å². The highest BCUT2D eigenvalue weighted by atomic mass is 16.7. The third kappa shape index (κ3) is 8.99. The molecule has 2 rings (SSSR count). The summed E-state index contributed by atoms with van der Waals surface area (Å²) >= 11 is 0. The van der Waals surface area contributed by atoms with E-state index in [1.165, 1.54) is 18.0 Å². The molecule has 0 spiro atoms. The van der Waals surface area contributed by atoms with Crippen LogP contribution in [0.5, 0.6) is 0 Å². The van der Waals surface area contributed by atoms with Gasteiger partial charge in [-0.3, -0.25) is 19.2 Å². The molecule has 218 valence electrons. The van der Waals surface area contributed by atoms with E-state index in [9.17, 15) is 24.0 Å². The van der Waals surface area contributed by atoms with Crippen molar-refractivity contribution in [3.63, 3.8) is 0 Å². The lowest BCUT2D eigenvalue weighted by molar-refractivity contribution is -0.261. The molecule has 1 aromatic heterocycles. The standard InChI is InChI=1S/C24H36N4O11/c1-12(2)10-17(24(34)35-6)25-22(33)20-18(36-13(3)30)19(37-14(4)31)21(38-15(5)32)23(39-20)28-11-16(26-27-28)8-7-9-29/h11-12,17-21,23,29H,7-10H2,1-6H3,(H,25,33)/t17-,18-,19-,20-,21+,23+/m0/s1. The van der Waals surface area contributed by atoms with Crippen molar-refractivity contribution in [1.82, 2.24) is 20.3 Å². The van der Waals surface area contributed by atoms with Crippen molar-refractivity contribution in [3.05, 3.63) is 11.9 Å². The van der Waals surface area contributed by atoms with Crippen LogP contribution >= 0.6 is 0 Å². The number of esters is 4. The second-order valence-electron chi connectivity index (χ2n) is 9.40. The predicted octanol–water partition coefficient (Wildman–Crippen LogP) is -0.401. The first-order valence-corrected chi connectivity index (χ1v) is 12.4. The summed E-state index contributed by atoms with van der Waals surface area (Å²) in [5.41, 5.74) is 0.462. The number of methoxy groups -OCH3 is 1. The van der Waals surface area contributed by atoms with Gasteiger partial charge in [0.2, 0.25) is 0 Å². The summed E-state index contributed by atoms with van der Waals surface area (Å²) in [4.78, 5) is 62.0. The molecule has 0 saturated carbocycles. The molecule has 0 unspecified atom stereocenters. The average Bonchev–Trinajstić information content (AvgIpc) is 3.31. The third-order valence-electron chi connectivity index (χ3n) is 5.60. The topological polar surface area (TPSA) is 194 Å². The van der Waals surface area contributed by atoms with Crippen LogP contribution in [0.15, 0.2) is 6.20 Å². The summed E-state index contributed by atoms with van der Waals surface area (Å²) < 4.78 is 28.2. The number of aryl methyl sites for hydroxylation is 1. The van der Waals surface area contributed by atoms with Crippen LogP contribution in [0.25, 0.3) is 0 Å². The molecule has 2 heterocycles. The van der Waals surface area contributed by atoms with E-state index < -0.39 is 66.5 Å². The highest BCUT2D eigenvalue weighted by Gasteiger charge is 2.55. The van der Waals surface area contributed by atoms with E-state index in [4.69, 9.17) is 28.8 Å². The van der Waals surface area contributed by atoms with Gasteiger partial charge in [-0.25, -0.2) is 9.48 Å². The number of carbonyl (C=O) groups excluding carboxylic acids is 5. The number of aliphatic hydroxyl groups excluding tert-OH is 1.